The summed E-state index contributed by atoms with van der Waals surface area (Å²) in [4.78, 5) is 25.9. The number of nitrogens with zero attached hydrogens (tertiary/aromatic N) is 1. The lowest BCUT2D eigenvalue weighted by Crippen LogP contribution is -2.43. The number of carbonyl (C=O) groups excluding carboxylic acids is 2. The third-order valence-electron chi connectivity index (χ3n) is 4.00. The molecule has 0 aromatic heterocycles. The van der Waals surface area contributed by atoms with Crippen molar-refractivity contribution < 1.29 is 22.7 Å². The molecule has 1 heterocycles. The van der Waals surface area contributed by atoms with E-state index in [4.69, 9.17) is 4.74 Å². The van der Waals surface area contributed by atoms with Crippen LogP contribution in [0.1, 0.15) is 6.42 Å². The molecule has 9 heteroatoms. The quantitative estimate of drug-likeness (QED) is 0.591. The molecule has 2 amide bonds. The predicted octanol–water partition coefficient (Wildman–Crippen LogP) is -0.585. The number of carbonyl (C=O) groups is 2. The molecule has 0 atom stereocenters. The number of amides is 2. The maximum absolute atomic E-state index is 12.1. The van der Waals surface area contributed by atoms with Gasteiger partial charge < -0.3 is 15.4 Å². The summed E-state index contributed by atoms with van der Waals surface area (Å²) in [5.41, 5.74) is 0. The maximum Gasteiger partial charge on any atom is 0.239 e. The first-order chi connectivity index (χ1) is 12.5. The van der Waals surface area contributed by atoms with Crippen LogP contribution in [0.4, 0.5) is 0 Å². The molecule has 0 radical (unpaired) electrons. The van der Waals surface area contributed by atoms with Gasteiger partial charge in [-0.15, -0.1) is 0 Å². The van der Waals surface area contributed by atoms with E-state index in [0.29, 0.717) is 19.8 Å². The molecule has 0 saturated carbocycles. The van der Waals surface area contributed by atoms with Crippen molar-refractivity contribution in [3.05, 3.63) is 30.3 Å². The van der Waals surface area contributed by atoms with Gasteiger partial charge in [-0.2, -0.15) is 0 Å². The van der Waals surface area contributed by atoms with E-state index in [1.165, 1.54) is 12.1 Å². The Morgan fingerprint density at radius 3 is 2.42 bits per heavy atom. The molecule has 1 fully saturated rings. The van der Waals surface area contributed by atoms with Gasteiger partial charge in [-0.05, 0) is 12.1 Å². The van der Waals surface area contributed by atoms with E-state index in [9.17, 15) is 18.0 Å². The lowest BCUT2D eigenvalue weighted by Gasteiger charge is -2.26. The van der Waals surface area contributed by atoms with Gasteiger partial charge in [0, 0.05) is 32.6 Å². The zero-order chi connectivity index (χ0) is 18.8. The Kier molecular flexibility index (Phi) is 8.02. The van der Waals surface area contributed by atoms with E-state index < -0.39 is 15.7 Å². The molecule has 0 spiro atoms. The van der Waals surface area contributed by atoms with Crippen molar-refractivity contribution in [3.8, 4) is 0 Å². The Morgan fingerprint density at radius 1 is 1.04 bits per heavy atom. The van der Waals surface area contributed by atoms with Crippen molar-refractivity contribution in [3.63, 3.8) is 0 Å². The van der Waals surface area contributed by atoms with Gasteiger partial charge >= 0.3 is 0 Å². The van der Waals surface area contributed by atoms with Gasteiger partial charge in [-0.25, -0.2) is 8.42 Å². The van der Waals surface area contributed by atoms with Crippen LogP contribution in [-0.2, 0) is 24.2 Å². The molecule has 1 aliphatic rings. The van der Waals surface area contributed by atoms with Crippen molar-refractivity contribution in [1.82, 2.24) is 15.5 Å². The summed E-state index contributed by atoms with van der Waals surface area (Å²) in [7, 11) is -3.50. The van der Waals surface area contributed by atoms with Crippen LogP contribution in [0.2, 0.25) is 0 Å². The molecular weight excluding hydrogens is 358 g/mol. The third kappa shape index (κ3) is 7.11. The summed E-state index contributed by atoms with van der Waals surface area (Å²) in [5.74, 6) is -1.05. The van der Waals surface area contributed by atoms with Crippen LogP contribution in [0.25, 0.3) is 0 Å². The molecule has 0 unspecified atom stereocenters. The van der Waals surface area contributed by atoms with Crippen molar-refractivity contribution in [1.29, 1.82) is 0 Å². The number of rotatable bonds is 9. The Hall–Kier alpha value is -1.97. The Balaban J connectivity index is 1.61. The number of hydrogen-bond donors (Lipinski definition) is 2. The number of hydrogen-bond acceptors (Lipinski definition) is 6. The predicted molar refractivity (Wildman–Crippen MR) is 96.4 cm³/mol. The molecule has 1 aliphatic heterocycles. The summed E-state index contributed by atoms with van der Waals surface area (Å²) in [5, 5.41) is 5.18. The summed E-state index contributed by atoms with van der Waals surface area (Å²) < 4.78 is 29.4. The van der Waals surface area contributed by atoms with Gasteiger partial charge in [0.25, 0.3) is 0 Å². The third-order valence-corrected chi connectivity index (χ3v) is 5.73. The zero-order valence-corrected chi connectivity index (χ0v) is 15.5. The normalized spacial score (nSPS) is 15.4. The SMILES string of the molecule is O=C(CCS(=O)(=O)c1ccccc1)NCC(=O)NCCN1CCOCC1. The van der Waals surface area contributed by atoms with Crippen LogP contribution in [0.15, 0.2) is 35.2 Å². The van der Waals surface area contributed by atoms with Gasteiger partial charge in [-0.1, -0.05) is 18.2 Å². The lowest BCUT2D eigenvalue weighted by molar-refractivity contribution is -0.125. The highest BCUT2D eigenvalue weighted by molar-refractivity contribution is 7.91. The standard InChI is InChI=1S/C17H25N3O5S/c21-16(6-13-26(23,24)15-4-2-1-3-5-15)19-14-17(22)18-7-8-20-9-11-25-12-10-20/h1-5H,6-14H2,(H,18,22)(H,19,21). The van der Waals surface area contributed by atoms with Crippen LogP contribution >= 0.6 is 0 Å². The second-order valence-corrected chi connectivity index (χ2v) is 8.07. The first-order valence-corrected chi connectivity index (χ1v) is 10.2. The van der Waals surface area contributed by atoms with Gasteiger partial charge in [0.2, 0.25) is 11.8 Å². The van der Waals surface area contributed by atoms with Crippen molar-refractivity contribution in [2.45, 2.75) is 11.3 Å². The second kappa shape index (κ2) is 10.2. The molecule has 0 aliphatic carbocycles. The van der Waals surface area contributed by atoms with Crippen LogP contribution in [0.5, 0.6) is 0 Å². The molecule has 1 aromatic rings. The minimum atomic E-state index is -3.50. The molecule has 1 saturated heterocycles. The highest BCUT2D eigenvalue weighted by Gasteiger charge is 2.16. The maximum atomic E-state index is 12.1. The molecule has 144 valence electrons. The van der Waals surface area contributed by atoms with Crippen LogP contribution in [0, 0.1) is 0 Å². The number of morpholine rings is 1. The van der Waals surface area contributed by atoms with Crippen LogP contribution in [0.3, 0.4) is 0 Å². The number of sulfone groups is 1. The average Bonchev–Trinajstić information content (AvgIpc) is 2.66. The topological polar surface area (TPSA) is 105 Å². The second-order valence-electron chi connectivity index (χ2n) is 5.96. The van der Waals surface area contributed by atoms with Crippen molar-refractivity contribution in [2.24, 2.45) is 0 Å². The molecule has 2 rings (SSSR count). The Labute approximate surface area is 153 Å². The van der Waals surface area contributed by atoms with Crippen LogP contribution < -0.4 is 10.6 Å². The summed E-state index contributed by atoms with van der Waals surface area (Å²) in [6, 6.07) is 7.98. The van der Waals surface area contributed by atoms with E-state index >= 15 is 0 Å². The minimum absolute atomic E-state index is 0.159. The fraction of sp³-hybridized carbons (Fsp3) is 0.529. The summed E-state index contributed by atoms with van der Waals surface area (Å²) >= 11 is 0. The van der Waals surface area contributed by atoms with Crippen molar-refractivity contribution in [2.75, 3.05) is 51.7 Å². The van der Waals surface area contributed by atoms with Crippen LogP contribution in [-0.4, -0.2) is 76.8 Å². The molecular formula is C17H25N3O5S. The number of benzene rings is 1. The molecule has 1 aromatic carbocycles. The smallest absolute Gasteiger partial charge is 0.239 e. The first-order valence-electron chi connectivity index (χ1n) is 8.59. The zero-order valence-electron chi connectivity index (χ0n) is 14.6. The summed E-state index contributed by atoms with van der Waals surface area (Å²) in [6.07, 6.45) is -0.182. The monoisotopic (exact) mass is 383 g/mol. The lowest BCUT2D eigenvalue weighted by atomic mass is 10.4. The van der Waals surface area contributed by atoms with Crippen molar-refractivity contribution >= 4 is 21.7 Å². The Bertz CT molecular complexity index is 688. The van der Waals surface area contributed by atoms with Gasteiger partial charge in [0.15, 0.2) is 9.84 Å². The number of nitrogens with one attached hydrogen (secondary N) is 2. The highest BCUT2D eigenvalue weighted by atomic mass is 32.2. The van der Waals surface area contributed by atoms with Gasteiger partial charge in [0.05, 0.1) is 30.4 Å². The molecule has 26 heavy (non-hydrogen) atoms. The Morgan fingerprint density at radius 2 is 1.73 bits per heavy atom. The average molecular weight is 383 g/mol. The van der Waals surface area contributed by atoms with E-state index in [-0.39, 0.29) is 29.5 Å². The van der Waals surface area contributed by atoms with E-state index in [2.05, 4.69) is 15.5 Å². The highest BCUT2D eigenvalue weighted by Crippen LogP contribution is 2.10. The van der Waals surface area contributed by atoms with E-state index in [1.54, 1.807) is 18.2 Å². The molecule has 8 nitrogen and oxygen atoms in total. The largest absolute Gasteiger partial charge is 0.379 e. The van der Waals surface area contributed by atoms with Gasteiger partial charge in [-0.3, -0.25) is 14.5 Å². The van der Waals surface area contributed by atoms with E-state index in [1.807, 2.05) is 0 Å². The van der Waals surface area contributed by atoms with E-state index in [0.717, 1.165) is 19.6 Å². The minimum Gasteiger partial charge on any atom is -0.379 e. The fourth-order valence-electron chi connectivity index (χ4n) is 2.48. The number of ether oxygens (including phenoxy) is 1. The molecule has 0 bridgehead atoms. The first kappa shape index (κ1) is 20.3. The van der Waals surface area contributed by atoms with Gasteiger partial charge in [0.1, 0.15) is 0 Å². The fourth-order valence-corrected chi connectivity index (χ4v) is 3.74. The molecule has 2 N–H and O–H groups in total. The summed E-state index contributed by atoms with van der Waals surface area (Å²) in [6.45, 7) is 4.18.